The smallest absolute Gasteiger partial charge is 0.181 e. The zero-order valence-corrected chi connectivity index (χ0v) is 16.7. The molecule has 142 valence electrons. The lowest BCUT2D eigenvalue weighted by Crippen LogP contribution is -2.49. The van der Waals surface area contributed by atoms with E-state index in [9.17, 15) is 4.79 Å². The third kappa shape index (κ3) is 2.45. The van der Waals surface area contributed by atoms with Crippen molar-refractivity contribution in [1.29, 1.82) is 0 Å². The fraction of sp³-hybridized carbons (Fsp3) is 0.652. The summed E-state index contributed by atoms with van der Waals surface area (Å²) in [4.78, 5) is 20.5. The third-order valence-corrected chi connectivity index (χ3v) is 9.09. The quantitative estimate of drug-likeness (QED) is 0.549. The van der Waals surface area contributed by atoms with E-state index in [0.29, 0.717) is 5.78 Å². The van der Waals surface area contributed by atoms with Gasteiger partial charge in [-0.05, 0) is 93.6 Å². The molecule has 2 N–H and O–H groups in total. The highest BCUT2D eigenvalue weighted by Crippen LogP contribution is 2.61. The van der Waals surface area contributed by atoms with Crippen LogP contribution in [0, 0.1) is 23.2 Å². The van der Waals surface area contributed by atoms with E-state index >= 15 is 0 Å². The molecule has 3 nitrogen and oxygen atoms in total. The Bertz CT molecular complexity index is 908. The topological polar surface area (TPSA) is 56.0 Å². The number of carbonyl (C=O) groups excluding carboxylic acids is 1. The molecule has 0 radical (unpaired) electrons. The standard InChI is InChI=1S/C23H28N2OS/c24-19-17-9-16-4-2-1-3-5-18(16)25-22(17)27-20(19)21(26)23-10-13-6-14(11-23)8-15(7-13)12-23/h9,13-15H,1-8,10-12,24H2. The number of nitrogens with zero attached hydrogens (tertiary/aromatic N) is 1. The first kappa shape index (κ1) is 16.5. The van der Waals surface area contributed by atoms with Gasteiger partial charge in [-0.2, -0.15) is 0 Å². The Morgan fingerprint density at radius 1 is 1.04 bits per heavy atom. The van der Waals surface area contributed by atoms with E-state index in [1.165, 1.54) is 49.8 Å². The summed E-state index contributed by atoms with van der Waals surface area (Å²) in [6.45, 7) is 0. The van der Waals surface area contributed by atoms with Crippen molar-refractivity contribution >= 4 is 33.0 Å². The van der Waals surface area contributed by atoms with Crippen molar-refractivity contribution in [1.82, 2.24) is 4.98 Å². The minimum atomic E-state index is -0.110. The molecule has 5 aliphatic carbocycles. The van der Waals surface area contributed by atoms with Gasteiger partial charge in [-0.1, -0.05) is 6.42 Å². The largest absolute Gasteiger partial charge is 0.397 e. The van der Waals surface area contributed by atoms with E-state index in [0.717, 1.165) is 70.6 Å². The van der Waals surface area contributed by atoms with Gasteiger partial charge in [-0.25, -0.2) is 4.98 Å². The number of Topliss-reactive ketones (excluding diaryl/α,β-unsaturated/α-hetero) is 1. The predicted molar refractivity (Wildman–Crippen MR) is 110 cm³/mol. The number of pyridine rings is 1. The maximum absolute atomic E-state index is 13.8. The number of nitrogens with two attached hydrogens (primary N) is 1. The van der Waals surface area contributed by atoms with E-state index in [1.54, 1.807) is 11.3 Å². The van der Waals surface area contributed by atoms with E-state index in [2.05, 4.69) is 6.07 Å². The SMILES string of the molecule is Nc1c(C(=O)C23CC4CC(CC(C4)C2)C3)sc2nc3c(cc12)CCCCC3. The van der Waals surface area contributed by atoms with Crippen molar-refractivity contribution in [3.63, 3.8) is 0 Å². The molecule has 0 amide bonds. The average molecular weight is 381 g/mol. The van der Waals surface area contributed by atoms with Crippen molar-refractivity contribution < 1.29 is 4.79 Å². The molecule has 2 heterocycles. The van der Waals surface area contributed by atoms with Gasteiger partial charge in [-0.15, -0.1) is 11.3 Å². The molecule has 2 aromatic heterocycles. The molecular formula is C23H28N2OS. The lowest BCUT2D eigenvalue weighted by molar-refractivity contribution is -0.0350. The van der Waals surface area contributed by atoms with Gasteiger partial charge in [0.2, 0.25) is 0 Å². The zero-order valence-electron chi connectivity index (χ0n) is 15.9. The van der Waals surface area contributed by atoms with Gasteiger partial charge in [-0.3, -0.25) is 4.79 Å². The van der Waals surface area contributed by atoms with Crippen LogP contribution in [0.15, 0.2) is 6.07 Å². The van der Waals surface area contributed by atoms with Crippen LogP contribution < -0.4 is 5.73 Å². The summed E-state index contributed by atoms with van der Waals surface area (Å²) in [6, 6.07) is 2.26. The summed E-state index contributed by atoms with van der Waals surface area (Å²) < 4.78 is 0. The van der Waals surface area contributed by atoms with Crippen molar-refractivity contribution in [2.45, 2.75) is 70.6 Å². The molecular weight excluding hydrogens is 352 g/mol. The molecule has 0 unspecified atom stereocenters. The summed E-state index contributed by atoms with van der Waals surface area (Å²) in [6.07, 6.45) is 13.3. The summed E-state index contributed by atoms with van der Waals surface area (Å²) >= 11 is 1.57. The molecule has 27 heavy (non-hydrogen) atoms. The number of rotatable bonds is 2. The Balaban J connectivity index is 1.42. The molecule has 4 fully saturated rings. The molecule has 7 rings (SSSR count). The molecule has 0 aromatic carbocycles. The predicted octanol–water partition coefficient (Wildman–Crippen LogP) is 5.55. The fourth-order valence-corrected chi connectivity index (χ4v) is 8.29. The number of hydrogen-bond acceptors (Lipinski definition) is 4. The number of hydrogen-bond donors (Lipinski definition) is 1. The lowest BCUT2D eigenvalue weighted by Gasteiger charge is -2.55. The summed E-state index contributed by atoms with van der Waals surface area (Å²) in [5, 5.41) is 1.04. The molecule has 0 saturated heterocycles. The first-order valence-electron chi connectivity index (χ1n) is 10.9. The molecule has 5 aliphatic rings. The maximum atomic E-state index is 13.8. The van der Waals surface area contributed by atoms with Crippen LogP contribution in [0.5, 0.6) is 0 Å². The van der Waals surface area contributed by atoms with Gasteiger partial charge in [0.05, 0.1) is 10.6 Å². The third-order valence-electron chi connectivity index (χ3n) is 7.98. The first-order valence-corrected chi connectivity index (χ1v) is 11.7. The van der Waals surface area contributed by atoms with Gasteiger partial charge in [0.25, 0.3) is 0 Å². The highest BCUT2D eigenvalue weighted by atomic mass is 32.1. The van der Waals surface area contributed by atoms with Gasteiger partial charge in [0.1, 0.15) is 4.83 Å². The molecule has 0 atom stereocenters. The van der Waals surface area contributed by atoms with Crippen molar-refractivity contribution in [2.75, 3.05) is 5.73 Å². The van der Waals surface area contributed by atoms with E-state index in [1.807, 2.05) is 0 Å². The monoisotopic (exact) mass is 380 g/mol. The number of aryl methyl sites for hydroxylation is 2. The van der Waals surface area contributed by atoms with Crippen LogP contribution in [-0.4, -0.2) is 10.8 Å². The van der Waals surface area contributed by atoms with Crippen LogP contribution in [0.2, 0.25) is 0 Å². The van der Waals surface area contributed by atoms with Crippen LogP contribution in [0.1, 0.15) is 78.7 Å². The Labute approximate surface area is 164 Å². The van der Waals surface area contributed by atoms with Gasteiger partial charge >= 0.3 is 0 Å². The number of thiophene rings is 1. The molecule has 4 bridgehead atoms. The highest BCUT2D eigenvalue weighted by Gasteiger charge is 2.55. The van der Waals surface area contributed by atoms with Crippen molar-refractivity contribution in [3.05, 3.63) is 22.2 Å². The number of anilines is 1. The summed E-state index contributed by atoms with van der Waals surface area (Å²) in [5.74, 6) is 2.71. The Morgan fingerprint density at radius 3 is 2.41 bits per heavy atom. The zero-order chi connectivity index (χ0) is 18.2. The van der Waals surface area contributed by atoms with E-state index in [-0.39, 0.29) is 5.41 Å². The normalized spacial score (nSPS) is 34.6. The maximum Gasteiger partial charge on any atom is 0.181 e. The Morgan fingerprint density at radius 2 is 1.70 bits per heavy atom. The first-order chi connectivity index (χ1) is 13.1. The molecule has 4 saturated carbocycles. The van der Waals surface area contributed by atoms with Crippen molar-refractivity contribution in [3.8, 4) is 0 Å². The van der Waals surface area contributed by atoms with Gasteiger partial charge < -0.3 is 5.73 Å². The number of aromatic nitrogens is 1. The molecule has 0 spiro atoms. The second-order valence-electron chi connectivity index (χ2n) is 9.88. The van der Waals surface area contributed by atoms with Crippen molar-refractivity contribution in [2.24, 2.45) is 23.2 Å². The molecule has 4 heteroatoms. The number of nitrogen functional groups attached to an aromatic ring is 1. The molecule has 0 aliphatic heterocycles. The Hall–Kier alpha value is -1.42. The van der Waals surface area contributed by atoms with Gasteiger partial charge in [0.15, 0.2) is 5.78 Å². The second kappa shape index (κ2) is 5.79. The van der Waals surface area contributed by atoms with Crippen LogP contribution >= 0.6 is 11.3 Å². The van der Waals surface area contributed by atoms with Gasteiger partial charge in [0, 0.05) is 16.5 Å². The van der Waals surface area contributed by atoms with Crippen LogP contribution in [-0.2, 0) is 12.8 Å². The number of ketones is 1. The minimum absolute atomic E-state index is 0.110. The van der Waals surface area contributed by atoms with E-state index in [4.69, 9.17) is 10.7 Å². The highest BCUT2D eigenvalue weighted by molar-refractivity contribution is 7.21. The summed E-state index contributed by atoms with van der Waals surface area (Å²) in [7, 11) is 0. The van der Waals surface area contributed by atoms with Crippen LogP contribution in [0.3, 0.4) is 0 Å². The summed E-state index contributed by atoms with van der Waals surface area (Å²) in [5.41, 5.74) is 9.79. The number of carbonyl (C=O) groups is 1. The fourth-order valence-electron chi connectivity index (χ4n) is 7.13. The van der Waals surface area contributed by atoms with E-state index < -0.39 is 0 Å². The second-order valence-corrected chi connectivity index (χ2v) is 10.9. The van der Waals surface area contributed by atoms with Crippen LogP contribution in [0.25, 0.3) is 10.2 Å². The molecule has 2 aromatic rings. The minimum Gasteiger partial charge on any atom is -0.397 e. The average Bonchev–Trinajstić information content (AvgIpc) is 2.80. The number of fused-ring (bicyclic) bond motifs is 2. The Kier molecular flexibility index (Phi) is 3.54. The van der Waals surface area contributed by atoms with Crippen LogP contribution in [0.4, 0.5) is 5.69 Å². The lowest BCUT2D eigenvalue weighted by atomic mass is 9.48.